The Labute approximate surface area is 444 Å². The average Bonchev–Trinajstić information content (AvgIpc) is 3.35. The smallest absolute Gasteiger partial charge is 0.306 e. The van der Waals surface area contributed by atoms with Crippen molar-refractivity contribution in [2.75, 3.05) is 13.2 Å². The van der Waals surface area contributed by atoms with Gasteiger partial charge in [0.25, 0.3) is 0 Å². The van der Waals surface area contributed by atoms with E-state index in [-0.39, 0.29) is 31.1 Å². The van der Waals surface area contributed by atoms with E-state index in [1.807, 2.05) is 0 Å². The highest BCUT2D eigenvalue weighted by Crippen LogP contribution is 2.19. The van der Waals surface area contributed by atoms with Crippen LogP contribution in [0.2, 0.25) is 0 Å². The Kier molecular flexibility index (Phi) is 56.4. The molecule has 0 fully saturated rings. The zero-order chi connectivity index (χ0) is 51.8. The van der Waals surface area contributed by atoms with Gasteiger partial charge in [-0.15, -0.1) is 0 Å². The van der Waals surface area contributed by atoms with Crippen molar-refractivity contribution in [3.63, 3.8) is 0 Å². The Bertz CT molecular complexity index is 1090. The van der Waals surface area contributed by atoms with Crippen molar-refractivity contribution in [3.8, 4) is 0 Å². The molecule has 6 nitrogen and oxygen atoms in total. The highest BCUT2D eigenvalue weighted by molar-refractivity contribution is 5.71. The standard InChI is InChI=1S/C65H126O6/c1-6-7-8-9-10-11-12-13-14-15-20-25-30-35-40-45-50-55-63(66)69-58-62(71-65(68)57-52-47-42-37-32-27-22-17-19-24-29-34-39-44-49-54-61(4)5)59-70-64(67)56-51-46-41-36-31-26-21-16-18-23-28-33-38-43-48-53-60(2)3/h60-62H,6-59H2,1-5H3/t62-/m0/s1. The first-order chi connectivity index (χ1) is 34.7. The maximum atomic E-state index is 12.9. The fraction of sp³-hybridized carbons (Fsp3) is 0.954. The predicted octanol–water partition coefficient (Wildman–Crippen LogP) is 21.6. The third-order valence-corrected chi connectivity index (χ3v) is 15.0. The highest BCUT2D eigenvalue weighted by atomic mass is 16.6. The van der Waals surface area contributed by atoms with Gasteiger partial charge >= 0.3 is 17.9 Å². The average molecular weight is 1000 g/mol. The van der Waals surface area contributed by atoms with Gasteiger partial charge in [-0.25, -0.2) is 0 Å². The summed E-state index contributed by atoms with van der Waals surface area (Å²) in [7, 11) is 0. The first-order valence-electron chi connectivity index (χ1n) is 32.2. The van der Waals surface area contributed by atoms with Crippen molar-refractivity contribution >= 4 is 17.9 Å². The van der Waals surface area contributed by atoms with Gasteiger partial charge in [-0.2, -0.15) is 0 Å². The minimum Gasteiger partial charge on any atom is -0.462 e. The van der Waals surface area contributed by atoms with Crippen LogP contribution in [0.5, 0.6) is 0 Å². The fourth-order valence-electron chi connectivity index (χ4n) is 10.1. The lowest BCUT2D eigenvalue weighted by atomic mass is 10.0. The summed E-state index contributed by atoms with van der Waals surface area (Å²) in [5.74, 6) is 0.867. The lowest BCUT2D eigenvalue weighted by Gasteiger charge is -2.18. The number of carbonyl (C=O) groups is 3. The molecule has 6 heteroatoms. The van der Waals surface area contributed by atoms with Crippen LogP contribution in [0, 0.1) is 11.8 Å². The maximum Gasteiger partial charge on any atom is 0.306 e. The first-order valence-corrected chi connectivity index (χ1v) is 32.2. The predicted molar refractivity (Wildman–Crippen MR) is 307 cm³/mol. The molecular formula is C65H126O6. The van der Waals surface area contributed by atoms with E-state index in [1.165, 1.54) is 257 Å². The minimum absolute atomic E-state index is 0.0617. The van der Waals surface area contributed by atoms with E-state index < -0.39 is 6.10 Å². The molecule has 0 N–H and O–H groups in total. The van der Waals surface area contributed by atoms with Gasteiger partial charge < -0.3 is 14.2 Å². The van der Waals surface area contributed by atoms with Gasteiger partial charge in [-0.1, -0.05) is 330 Å². The van der Waals surface area contributed by atoms with E-state index in [0.717, 1.165) is 69.6 Å². The summed E-state index contributed by atoms with van der Waals surface area (Å²) in [6, 6.07) is 0. The fourth-order valence-corrected chi connectivity index (χ4v) is 10.1. The monoisotopic (exact) mass is 1000 g/mol. The molecule has 0 aliphatic carbocycles. The molecule has 0 unspecified atom stereocenters. The summed E-state index contributed by atoms with van der Waals surface area (Å²) >= 11 is 0. The van der Waals surface area contributed by atoms with E-state index in [9.17, 15) is 14.4 Å². The molecule has 0 amide bonds. The zero-order valence-electron chi connectivity index (χ0n) is 48.9. The summed E-state index contributed by atoms with van der Waals surface area (Å²) in [5.41, 5.74) is 0. The van der Waals surface area contributed by atoms with Crippen LogP contribution in [0.15, 0.2) is 0 Å². The van der Waals surface area contributed by atoms with Gasteiger partial charge in [0.1, 0.15) is 13.2 Å². The second kappa shape index (κ2) is 57.7. The van der Waals surface area contributed by atoms with Crippen LogP contribution < -0.4 is 0 Å². The quantitative estimate of drug-likeness (QED) is 0.0343. The summed E-state index contributed by atoms with van der Waals surface area (Å²) in [6.07, 6.45) is 63.9. The van der Waals surface area contributed by atoms with E-state index in [1.54, 1.807) is 0 Å². The van der Waals surface area contributed by atoms with Crippen molar-refractivity contribution < 1.29 is 28.6 Å². The van der Waals surface area contributed by atoms with Crippen LogP contribution >= 0.6 is 0 Å². The van der Waals surface area contributed by atoms with Crippen LogP contribution in [0.25, 0.3) is 0 Å². The number of hydrogen-bond acceptors (Lipinski definition) is 6. The molecule has 0 rings (SSSR count). The largest absolute Gasteiger partial charge is 0.462 e. The van der Waals surface area contributed by atoms with Crippen molar-refractivity contribution in [3.05, 3.63) is 0 Å². The van der Waals surface area contributed by atoms with Crippen molar-refractivity contribution in [1.82, 2.24) is 0 Å². The Morgan fingerprint density at radius 3 is 0.690 bits per heavy atom. The van der Waals surface area contributed by atoms with E-state index in [2.05, 4.69) is 34.6 Å². The molecule has 0 spiro atoms. The Balaban J connectivity index is 4.29. The molecule has 0 heterocycles. The molecule has 0 saturated heterocycles. The normalized spacial score (nSPS) is 12.0. The molecule has 0 saturated carbocycles. The zero-order valence-corrected chi connectivity index (χ0v) is 48.9. The van der Waals surface area contributed by atoms with Crippen LogP contribution in [0.1, 0.15) is 369 Å². The second-order valence-electron chi connectivity index (χ2n) is 23.4. The van der Waals surface area contributed by atoms with Gasteiger partial charge in [0.2, 0.25) is 0 Å². The van der Waals surface area contributed by atoms with E-state index in [0.29, 0.717) is 19.3 Å². The summed E-state index contributed by atoms with van der Waals surface area (Å²) in [4.78, 5) is 38.3. The van der Waals surface area contributed by atoms with Gasteiger partial charge in [-0.05, 0) is 31.1 Å². The molecule has 0 aromatic rings. The van der Waals surface area contributed by atoms with Crippen LogP contribution in [-0.4, -0.2) is 37.2 Å². The third-order valence-electron chi connectivity index (χ3n) is 15.0. The van der Waals surface area contributed by atoms with Crippen molar-refractivity contribution in [2.45, 2.75) is 375 Å². The maximum absolute atomic E-state index is 12.9. The van der Waals surface area contributed by atoms with Crippen LogP contribution in [0.4, 0.5) is 0 Å². The molecular weight excluding hydrogens is 877 g/mol. The van der Waals surface area contributed by atoms with Crippen LogP contribution in [0.3, 0.4) is 0 Å². The van der Waals surface area contributed by atoms with Crippen LogP contribution in [-0.2, 0) is 28.6 Å². The van der Waals surface area contributed by atoms with Crippen molar-refractivity contribution in [1.29, 1.82) is 0 Å². The number of carbonyl (C=O) groups excluding carboxylic acids is 3. The number of esters is 3. The van der Waals surface area contributed by atoms with Gasteiger partial charge in [-0.3, -0.25) is 14.4 Å². The lowest BCUT2D eigenvalue weighted by Crippen LogP contribution is -2.30. The number of hydrogen-bond donors (Lipinski definition) is 0. The summed E-state index contributed by atoms with van der Waals surface area (Å²) < 4.78 is 17.0. The Morgan fingerprint density at radius 1 is 0.268 bits per heavy atom. The third kappa shape index (κ3) is 59.2. The SMILES string of the molecule is CCCCCCCCCCCCCCCCCCCC(=O)OC[C@@H](COC(=O)CCCCCCCCCCCCCCCCCC(C)C)OC(=O)CCCCCCCCCCCCCCCCCC(C)C. The Hall–Kier alpha value is -1.59. The molecule has 0 radical (unpaired) electrons. The van der Waals surface area contributed by atoms with E-state index >= 15 is 0 Å². The molecule has 422 valence electrons. The van der Waals surface area contributed by atoms with Gasteiger partial charge in [0, 0.05) is 19.3 Å². The molecule has 0 aromatic carbocycles. The van der Waals surface area contributed by atoms with E-state index in [4.69, 9.17) is 14.2 Å². The molecule has 0 aliphatic heterocycles. The number of unbranched alkanes of at least 4 members (excludes halogenated alkanes) is 44. The first kappa shape index (κ1) is 69.4. The lowest BCUT2D eigenvalue weighted by molar-refractivity contribution is -0.167. The van der Waals surface area contributed by atoms with Gasteiger partial charge in [0.15, 0.2) is 6.10 Å². The topological polar surface area (TPSA) is 78.9 Å². The summed E-state index contributed by atoms with van der Waals surface area (Å²) in [5, 5.41) is 0. The molecule has 0 aromatic heterocycles. The minimum atomic E-state index is -0.764. The number of rotatable bonds is 59. The highest BCUT2D eigenvalue weighted by Gasteiger charge is 2.19. The van der Waals surface area contributed by atoms with Gasteiger partial charge in [0.05, 0.1) is 0 Å². The molecule has 0 aliphatic rings. The molecule has 71 heavy (non-hydrogen) atoms. The summed E-state index contributed by atoms with van der Waals surface area (Å²) in [6.45, 7) is 11.5. The number of ether oxygens (including phenoxy) is 3. The van der Waals surface area contributed by atoms with Crippen molar-refractivity contribution in [2.24, 2.45) is 11.8 Å². The molecule has 0 bridgehead atoms. The Morgan fingerprint density at radius 2 is 0.465 bits per heavy atom. The second-order valence-corrected chi connectivity index (χ2v) is 23.4. The molecule has 1 atom stereocenters.